The van der Waals surface area contributed by atoms with Crippen molar-refractivity contribution in [1.29, 1.82) is 0 Å². The second-order valence-electron chi connectivity index (χ2n) is 8.39. The maximum atomic E-state index is 12.5. The fourth-order valence-corrected chi connectivity index (χ4v) is 3.76. The molecule has 0 saturated carbocycles. The van der Waals surface area contributed by atoms with Crippen molar-refractivity contribution in [3.63, 3.8) is 0 Å². The van der Waals surface area contributed by atoms with Crippen LogP contribution >= 0.6 is 0 Å². The number of fused-ring (bicyclic) bond motifs is 1. The lowest BCUT2D eigenvalue weighted by molar-refractivity contribution is 0.0927. The predicted molar refractivity (Wildman–Crippen MR) is 110 cm³/mol. The van der Waals surface area contributed by atoms with Crippen LogP contribution in [-0.2, 0) is 11.8 Å². The van der Waals surface area contributed by atoms with E-state index in [1.807, 2.05) is 23.0 Å². The van der Waals surface area contributed by atoms with E-state index in [9.17, 15) is 4.79 Å². The van der Waals surface area contributed by atoms with Gasteiger partial charge in [0.1, 0.15) is 5.69 Å². The number of nitrogens with one attached hydrogen (secondary N) is 1. The normalized spacial score (nSPS) is 16.5. The molecule has 1 aliphatic rings. The molecule has 1 aliphatic carbocycles. The lowest BCUT2D eigenvalue weighted by Crippen LogP contribution is -2.31. The monoisotopic (exact) mass is 374 g/mol. The van der Waals surface area contributed by atoms with Gasteiger partial charge in [-0.15, -0.1) is 0 Å². The number of amides is 1. The highest BCUT2D eigenvalue weighted by atomic mass is 16.1. The molecule has 1 amide bonds. The number of pyridine rings is 1. The third-order valence-electron chi connectivity index (χ3n) is 5.36. The molecular weight excluding hydrogens is 348 g/mol. The smallest absolute Gasteiger partial charge is 0.270 e. The molecule has 5 heteroatoms. The first-order valence-electron chi connectivity index (χ1n) is 9.83. The first-order valence-corrected chi connectivity index (χ1v) is 9.83. The van der Waals surface area contributed by atoms with Crippen LogP contribution in [0.1, 0.15) is 67.0 Å². The van der Waals surface area contributed by atoms with Gasteiger partial charge in [0.05, 0.1) is 17.9 Å². The lowest BCUT2D eigenvalue weighted by Gasteiger charge is -2.24. The molecule has 1 aromatic carbocycles. The first-order chi connectivity index (χ1) is 13.4. The SMILES string of the molecule is CC(C)(C)c1ccc(-n2ncc3c2CCCC3NC(=O)c2ccccn2)cc1. The van der Waals surface area contributed by atoms with Gasteiger partial charge in [0.15, 0.2) is 0 Å². The summed E-state index contributed by atoms with van der Waals surface area (Å²) < 4.78 is 2.01. The molecule has 0 aliphatic heterocycles. The Bertz CT molecular complexity index is 968. The van der Waals surface area contributed by atoms with Gasteiger partial charge in [0, 0.05) is 17.5 Å². The van der Waals surface area contributed by atoms with Gasteiger partial charge in [0.25, 0.3) is 5.91 Å². The molecule has 0 fully saturated rings. The maximum Gasteiger partial charge on any atom is 0.270 e. The van der Waals surface area contributed by atoms with E-state index in [0.29, 0.717) is 5.69 Å². The van der Waals surface area contributed by atoms with Crippen molar-refractivity contribution in [1.82, 2.24) is 20.1 Å². The molecule has 0 saturated heterocycles. The third-order valence-corrected chi connectivity index (χ3v) is 5.36. The number of hydrogen-bond acceptors (Lipinski definition) is 3. The topological polar surface area (TPSA) is 59.8 Å². The summed E-state index contributed by atoms with van der Waals surface area (Å²) in [5.41, 5.74) is 5.23. The third kappa shape index (κ3) is 3.57. The van der Waals surface area contributed by atoms with Gasteiger partial charge in [-0.1, -0.05) is 39.0 Å². The number of nitrogens with zero attached hydrogens (tertiary/aromatic N) is 3. The van der Waals surface area contributed by atoms with Gasteiger partial charge in [-0.2, -0.15) is 5.10 Å². The van der Waals surface area contributed by atoms with E-state index < -0.39 is 0 Å². The highest BCUT2D eigenvalue weighted by Gasteiger charge is 2.26. The Morgan fingerprint density at radius 1 is 1.14 bits per heavy atom. The fourth-order valence-electron chi connectivity index (χ4n) is 3.76. The summed E-state index contributed by atoms with van der Waals surface area (Å²) in [6.07, 6.45) is 6.44. The molecule has 2 aromatic heterocycles. The van der Waals surface area contributed by atoms with Crippen LogP contribution in [-0.4, -0.2) is 20.7 Å². The zero-order valence-electron chi connectivity index (χ0n) is 16.6. The zero-order chi connectivity index (χ0) is 19.7. The number of carbonyl (C=O) groups excluding carboxylic acids is 1. The molecule has 1 unspecified atom stereocenters. The largest absolute Gasteiger partial charge is 0.344 e. The van der Waals surface area contributed by atoms with Gasteiger partial charge >= 0.3 is 0 Å². The number of aromatic nitrogens is 3. The summed E-state index contributed by atoms with van der Waals surface area (Å²) in [6.45, 7) is 6.64. The van der Waals surface area contributed by atoms with Crippen molar-refractivity contribution in [2.24, 2.45) is 0 Å². The van der Waals surface area contributed by atoms with Crippen LogP contribution in [0.25, 0.3) is 5.69 Å². The van der Waals surface area contributed by atoms with E-state index in [1.165, 1.54) is 11.3 Å². The van der Waals surface area contributed by atoms with Crippen molar-refractivity contribution < 1.29 is 4.79 Å². The summed E-state index contributed by atoms with van der Waals surface area (Å²) >= 11 is 0. The van der Waals surface area contributed by atoms with Gasteiger partial charge in [-0.25, -0.2) is 4.68 Å². The van der Waals surface area contributed by atoms with Crippen molar-refractivity contribution in [3.05, 3.63) is 77.4 Å². The molecule has 1 N–H and O–H groups in total. The van der Waals surface area contributed by atoms with E-state index >= 15 is 0 Å². The predicted octanol–water partition coefficient (Wildman–Crippen LogP) is 4.37. The zero-order valence-corrected chi connectivity index (χ0v) is 16.6. The molecule has 2 heterocycles. The Hall–Kier alpha value is -2.95. The summed E-state index contributed by atoms with van der Waals surface area (Å²) in [5.74, 6) is -0.138. The van der Waals surface area contributed by atoms with Crippen molar-refractivity contribution >= 4 is 5.91 Å². The van der Waals surface area contributed by atoms with Crippen LogP contribution in [0.2, 0.25) is 0 Å². The quantitative estimate of drug-likeness (QED) is 0.740. The highest BCUT2D eigenvalue weighted by molar-refractivity contribution is 5.92. The van der Waals surface area contributed by atoms with Crippen molar-refractivity contribution in [3.8, 4) is 5.69 Å². The second kappa shape index (κ2) is 7.23. The summed E-state index contributed by atoms with van der Waals surface area (Å²) in [4.78, 5) is 16.7. The van der Waals surface area contributed by atoms with Crippen LogP contribution in [0.15, 0.2) is 54.9 Å². The summed E-state index contributed by atoms with van der Waals surface area (Å²) in [7, 11) is 0. The van der Waals surface area contributed by atoms with E-state index in [1.54, 1.807) is 12.3 Å². The first kappa shape index (κ1) is 18.4. The van der Waals surface area contributed by atoms with E-state index in [-0.39, 0.29) is 17.4 Å². The second-order valence-corrected chi connectivity index (χ2v) is 8.39. The fraction of sp³-hybridized carbons (Fsp3) is 0.348. The van der Waals surface area contributed by atoms with Crippen LogP contribution in [0.3, 0.4) is 0 Å². The number of carbonyl (C=O) groups is 1. The number of benzene rings is 1. The van der Waals surface area contributed by atoms with Crippen LogP contribution in [0, 0.1) is 0 Å². The molecule has 4 rings (SSSR count). The molecule has 3 aromatic rings. The van der Waals surface area contributed by atoms with Crippen molar-refractivity contribution in [2.75, 3.05) is 0 Å². The molecular formula is C23H26N4O. The maximum absolute atomic E-state index is 12.5. The highest BCUT2D eigenvalue weighted by Crippen LogP contribution is 2.32. The molecule has 144 valence electrons. The average molecular weight is 374 g/mol. The molecule has 1 atom stereocenters. The Labute approximate surface area is 165 Å². The Morgan fingerprint density at radius 2 is 1.93 bits per heavy atom. The average Bonchev–Trinajstić information content (AvgIpc) is 3.13. The van der Waals surface area contributed by atoms with E-state index in [2.05, 4.69) is 60.4 Å². The Kier molecular flexibility index (Phi) is 4.75. The standard InChI is InChI=1S/C23H26N4O/c1-23(2,3)16-10-12-17(13-11-16)27-21-9-6-8-19(18(21)15-25-27)26-22(28)20-7-4-5-14-24-20/h4-5,7,10-15,19H,6,8-9H2,1-3H3,(H,26,28). The minimum Gasteiger partial charge on any atom is -0.344 e. The summed E-state index contributed by atoms with van der Waals surface area (Å²) in [5, 5.41) is 7.77. The number of rotatable bonds is 3. The lowest BCUT2D eigenvalue weighted by atomic mass is 9.87. The minimum absolute atomic E-state index is 0.0270. The Balaban J connectivity index is 1.59. The van der Waals surface area contributed by atoms with Crippen LogP contribution in [0.5, 0.6) is 0 Å². The van der Waals surface area contributed by atoms with Crippen molar-refractivity contribution in [2.45, 2.75) is 51.5 Å². The van der Waals surface area contributed by atoms with E-state index in [0.717, 1.165) is 30.5 Å². The Morgan fingerprint density at radius 3 is 2.61 bits per heavy atom. The molecule has 0 radical (unpaired) electrons. The van der Waals surface area contributed by atoms with Crippen LogP contribution in [0.4, 0.5) is 0 Å². The van der Waals surface area contributed by atoms with E-state index in [4.69, 9.17) is 0 Å². The molecule has 0 bridgehead atoms. The summed E-state index contributed by atoms with van der Waals surface area (Å²) in [6, 6.07) is 13.9. The molecule has 0 spiro atoms. The molecule has 5 nitrogen and oxygen atoms in total. The number of hydrogen-bond donors (Lipinski definition) is 1. The minimum atomic E-state index is -0.138. The van der Waals surface area contributed by atoms with Gasteiger partial charge in [0.2, 0.25) is 0 Å². The molecule has 28 heavy (non-hydrogen) atoms. The van der Waals surface area contributed by atoms with Gasteiger partial charge < -0.3 is 5.32 Å². The van der Waals surface area contributed by atoms with Crippen LogP contribution < -0.4 is 5.32 Å². The van der Waals surface area contributed by atoms with Gasteiger partial charge in [-0.3, -0.25) is 9.78 Å². The van der Waals surface area contributed by atoms with Gasteiger partial charge in [-0.05, 0) is 54.5 Å².